The number of halogens is 4. The van der Waals surface area contributed by atoms with Gasteiger partial charge in [-0.1, -0.05) is 0 Å². The zero-order chi connectivity index (χ0) is 14.9. The minimum Gasteiger partial charge on any atom is -0.396 e. The van der Waals surface area contributed by atoms with Crippen molar-refractivity contribution in [1.29, 1.82) is 0 Å². The van der Waals surface area contributed by atoms with Gasteiger partial charge in [-0.2, -0.15) is 0 Å². The van der Waals surface area contributed by atoms with Crippen LogP contribution in [-0.4, -0.2) is 5.91 Å². The zero-order valence-corrected chi connectivity index (χ0v) is 9.88. The Morgan fingerprint density at radius 3 is 2.35 bits per heavy atom. The number of nitrogens with two attached hydrogens (primary N) is 1. The van der Waals surface area contributed by atoms with Gasteiger partial charge < -0.3 is 11.1 Å². The first-order valence-corrected chi connectivity index (χ1v) is 5.39. The van der Waals surface area contributed by atoms with Gasteiger partial charge >= 0.3 is 0 Å². The molecule has 0 aromatic heterocycles. The monoisotopic (exact) mass is 284 g/mol. The third-order valence-electron chi connectivity index (χ3n) is 2.49. The molecule has 0 saturated carbocycles. The lowest BCUT2D eigenvalue weighted by molar-refractivity contribution is 0.102. The summed E-state index contributed by atoms with van der Waals surface area (Å²) in [6.45, 7) is 0. The second-order valence-corrected chi connectivity index (χ2v) is 3.93. The molecule has 0 fully saturated rings. The van der Waals surface area contributed by atoms with E-state index in [0.29, 0.717) is 18.2 Å². The van der Waals surface area contributed by atoms with Crippen LogP contribution in [0, 0.1) is 23.3 Å². The number of nitrogen functional groups attached to an aromatic ring is 1. The highest BCUT2D eigenvalue weighted by Crippen LogP contribution is 2.20. The number of hydrogen-bond donors (Lipinski definition) is 2. The summed E-state index contributed by atoms with van der Waals surface area (Å²) in [6, 6.07) is 3.76. The number of rotatable bonds is 2. The van der Waals surface area contributed by atoms with Gasteiger partial charge in [-0.3, -0.25) is 4.79 Å². The summed E-state index contributed by atoms with van der Waals surface area (Å²) in [4.78, 5) is 11.7. The highest BCUT2D eigenvalue weighted by atomic mass is 19.1. The molecule has 0 unspecified atom stereocenters. The van der Waals surface area contributed by atoms with Crippen molar-refractivity contribution in [2.24, 2.45) is 0 Å². The molecule has 1 amide bonds. The Bertz CT molecular complexity index is 688. The van der Waals surface area contributed by atoms with Crippen molar-refractivity contribution in [2.45, 2.75) is 0 Å². The Morgan fingerprint density at radius 2 is 1.70 bits per heavy atom. The average Bonchev–Trinajstić information content (AvgIpc) is 2.37. The van der Waals surface area contributed by atoms with Gasteiger partial charge in [-0.15, -0.1) is 0 Å². The molecule has 0 saturated heterocycles. The lowest BCUT2D eigenvalue weighted by atomic mass is 10.1. The van der Waals surface area contributed by atoms with Crippen LogP contribution in [0.15, 0.2) is 30.3 Å². The highest BCUT2D eigenvalue weighted by molar-refractivity contribution is 6.05. The van der Waals surface area contributed by atoms with E-state index in [9.17, 15) is 22.4 Å². The first kappa shape index (κ1) is 13.9. The van der Waals surface area contributed by atoms with Gasteiger partial charge in [-0.25, -0.2) is 17.6 Å². The molecular weight excluding hydrogens is 276 g/mol. The maximum Gasteiger partial charge on any atom is 0.258 e. The van der Waals surface area contributed by atoms with Crippen molar-refractivity contribution < 1.29 is 22.4 Å². The van der Waals surface area contributed by atoms with E-state index in [-0.39, 0.29) is 5.69 Å². The number of nitrogens with one attached hydrogen (secondary N) is 1. The first-order chi connectivity index (χ1) is 9.38. The van der Waals surface area contributed by atoms with E-state index in [1.165, 1.54) is 0 Å². The summed E-state index contributed by atoms with van der Waals surface area (Å²) in [6.07, 6.45) is 0. The fourth-order valence-corrected chi connectivity index (χ4v) is 1.56. The predicted molar refractivity (Wildman–Crippen MR) is 65.1 cm³/mol. The molecule has 3 N–H and O–H groups in total. The molecule has 2 aromatic rings. The van der Waals surface area contributed by atoms with E-state index in [1.807, 2.05) is 5.32 Å². The van der Waals surface area contributed by atoms with Crippen LogP contribution >= 0.6 is 0 Å². The topological polar surface area (TPSA) is 55.1 Å². The second kappa shape index (κ2) is 5.20. The maximum absolute atomic E-state index is 13.6. The zero-order valence-electron chi connectivity index (χ0n) is 9.88. The summed E-state index contributed by atoms with van der Waals surface area (Å²) in [5, 5.41) is 2.01. The van der Waals surface area contributed by atoms with Crippen LogP contribution in [0.5, 0.6) is 0 Å². The van der Waals surface area contributed by atoms with Crippen LogP contribution in [0.2, 0.25) is 0 Å². The molecule has 0 aliphatic carbocycles. The van der Waals surface area contributed by atoms with E-state index in [1.54, 1.807) is 0 Å². The van der Waals surface area contributed by atoms with Crippen molar-refractivity contribution in [3.8, 4) is 0 Å². The Kier molecular flexibility index (Phi) is 3.60. The molecule has 20 heavy (non-hydrogen) atoms. The van der Waals surface area contributed by atoms with Crippen LogP contribution in [0.3, 0.4) is 0 Å². The molecule has 0 atom stereocenters. The number of benzene rings is 2. The Labute approximate surface area is 111 Å². The van der Waals surface area contributed by atoms with Gasteiger partial charge in [0.15, 0.2) is 5.82 Å². The lowest BCUT2D eigenvalue weighted by Gasteiger charge is -2.08. The third-order valence-corrected chi connectivity index (χ3v) is 2.49. The number of hydrogen-bond acceptors (Lipinski definition) is 2. The van der Waals surface area contributed by atoms with Gasteiger partial charge in [-0.05, 0) is 24.3 Å². The van der Waals surface area contributed by atoms with Gasteiger partial charge in [0.1, 0.15) is 17.5 Å². The van der Waals surface area contributed by atoms with Crippen molar-refractivity contribution in [3.63, 3.8) is 0 Å². The summed E-state index contributed by atoms with van der Waals surface area (Å²) >= 11 is 0. The van der Waals surface area contributed by atoms with Crippen molar-refractivity contribution >= 4 is 17.3 Å². The number of carbonyl (C=O) groups excluding carboxylic acids is 1. The van der Waals surface area contributed by atoms with Crippen LogP contribution in [0.25, 0.3) is 0 Å². The van der Waals surface area contributed by atoms with Gasteiger partial charge in [0.2, 0.25) is 0 Å². The molecule has 0 aliphatic rings. The quantitative estimate of drug-likeness (QED) is 0.657. The molecule has 104 valence electrons. The number of carbonyl (C=O) groups is 1. The Balaban J connectivity index is 2.33. The standard InChI is InChI=1S/C13H8F4N2O/c14-6-1-2-11(9(16)4-6)19-13(20)8-3-7(15)5-10(18)12(8)17/h1-5H,18H2,(H,19,20). The summed E-state index contributed by atoms with van der Waals surface area (Å²) < 4.78 is 52.7. The molecule has 0 aliphatic heterocycles. The molecule has 0 radical (unpaired) electrons. The first-order valence-electron chi connectivity index (χ1n) is 5.39. The van der Waals surface area contributed by atoms with Gasteiger partial charge in [0.25, 0.3) is 5.91 Å². The number of amides is 1. The molecule has 3 nitrogen and oxygen atoms in total. The molecule has 0 bridgehead atoms. The molecule has 0 heterocycles. The van der Waals surface area contributed by atoms with Crippen LogP contribution < -0.4 is 11.1 Å². The Morgan fingerprint density at radius 1 is 1.00 bits per heavy atom. The second-order valence-electron chi connectivity index (χ2n) is 3.93. The van der Waals surface area contributed by atoms with Gasteiger partial charge in [0, 0.05) is 6.07 Å². The fraction of sp³-hybridized carbons (Fsp3) is 0. The maximum atomic E-state index is 13.6. The highest BCUT2D eigenvalue weighted by Gasteiger charge is 2.17. The largest absolute Gasteiger partial charge is 0.396 e. The lowest BCUT2D eigenvalue weighted by Crippen LogP contribution is -2.16. The summed E-state index contributed by atoms with van der Waals surface area (Å²) in [5.74, 6) is -5.00. The normalized spacial score (nSPS) is 10.4. The molecule has 7 heteroatoms. The van der Waals surface area contributed by atoms with Crippen molar-refractivity contribution in [1.82, 2.24) is 0 Å². The molecule has 2 aromatic carbocycles. The van der Waals surface area contributed by atoms with Crippen LogP contribution in [0.1, 0.15) is 10.4 Å². The average molecular weight is 284 g/mol. The van der Waals surface area contributed by atoms with Gasteiger partial charge in [0.05, 0.1) is 16.9 Å². The third kappa shape index (κ3) is 2.71. The van der Waals surface area contributed by atoms with Crippen molar-refractivity contribution in [2.75, 3.05) is 11.1 Å². The summed E-state index contributed by atoms with van der Waals surface area (Å²) in [7, 11) is 0. The fourth-order valence-electron chi connectivity index (χ4n) is 1.56. The van der Waals surface area contributed by atoms with Crippen molar-refractivity contribution in [3.05, 3.63) is 59.2 Å². The van der Waals surface area contributed by atoms with E-state index in [4.69, 9.17) is 5.73 Å². The smallest absolute Gasteiger partial charge is 0.258 e. The molecule has 0 spiro atoms. The minimum absolute atomic E-state index is 0.362. The predicted octanol–water partition coefficient (Wildman–Crippen LogP) is 3.08. The Hall–Kier alpha value is -2.57. The van der Waals surface area contributed by atoms with Crippen LogP contribution in [-0.2, 0) is 0 Å². The van der Waals surface area contributed by atoms with E-state index < -0.39 is 40.4 Å². The number of anilines is 2. The molecule has 2 rings (SSSR count). The van der Waals surface area contributed by atoms with E-state index >= 15 is 0 Å². The van der Waals surface area contributed by atoms with E-state index in [0.717, 1.165) is 12.1 Å². The minimum atomic E-state index is -1.12. The SMILES string of the molecule is Nc1cc(F)cc(C(=O)Nc2ccc(F)cc2F)c1F. The van der Waals surface area contributed by atoms with E-state index in [2.05, 4.69) is 0 Å². The summed E-state index contributed by atoms with van der Waals surface area (Å²) in [5.41, 5.74) is 3.60. The van der Waals surface area contributed by atoms with Crippen LogP contribution in [0.4, 0.5) is 28.9 Å². The molecular formula is C13H8F4N2O.